The van der Waals surface area contributed by atoms with Gasteiger partial charge in [-0.1, -0.05) is 18.2 Å². The Kier molecular flexibility index (Phi) is 6.91. The summed E-state index contributed by atoms with van der Waals surface area (Å²) in [7, 11) is 3.09. The van der Waals surface area contributed by atoms with E-state index in [1.807, 2.05) is 61.7 Å². The van der Waals surface area contributed by atoms with Crippen molar-refractivity contribution in [1.82, 2.24) is 14.3 Å². The smallest absolute Gasteiger partial charge is 0.363 e. The molecule has 8 heteroatoms. The van der Waals surface area contributed by atoms with E-state index in [2.05, 4.69) is 5.10 Å². The zero-order valence-corrected chi connectivity index (χ0v) is 18.4. The van der Waals surface area contributed by atoms with Crippen LogP contribution in [0, 0.1) is 13.8 Å². The van der Waals surface area contributed by atoms with E-state index in [1.165, 1.54) is 11.8 Å². The summed E-state index contributed by atoms with van der Waals surface area (Å²) in [4.78, 5) is 25.4. The maximum atomic E-state index is 12.7. The van der Waals surface area contributed by atoms with Crippen molar-refractivity contribution >= 4 is 11.8 Å². The van der Waals surface area contributed by atoms with Gasteiger partial charge in [0.25, 0.3) is 0 Å². The Morgan fingerprint density at radius 2 is 1.84 bits per heavy atom. The molecule has 0 saturated heterocycles. The largest absolute Gasteiger partial charge is 0.493 e. The van der Waals surface area contributed by atoms with E-state index in [0.29, 0.717) is 12.2 Å². The highest BCUT2D eigenvalue weighted by molar-refractivity contribution is 6.00. The van der Waals surface area contributed by atoms with Crippen LogP contribution in [-0.2, 0) is 9.47 Å². The summed E-state index contributed by atoms with van der Waals surface area (Å²) in [6.07, 6.45) is 1.60. The number of hydrogen-bond acceptors (Lipinski definition) is 6. The normalized spacial score (nSPS) is 11.9. The Morgan fingerprint density at radius 1 is 1.13 bits per heavy atom. The molecule has 164 valence electrons. The number of aryl methyl sites for hydroxylation is 1. The molecule has 3 aromatic rings. The van der Waals surface area contributed by atoms with E-state index in [0.717, 1.165) is 17.1 Å². The average molecular weight is 425 g/mol. The Balaban J connectivity index is 1.74. The van der Waals surface area contributed by atoms with Crippen LogP contribution in [0.1, 0.15) is 45.2 Å². The van der Waals surface area contributed by atoms with Crippen LogP contribution in [0.25, 0.3) is 5.69 Å². The predicted octanol–water partition coefficient (Wildman–Crippen LogP) is 3.55. The Morgan fingerprint density at radius 3 is 2.48 bits per heavy atom. The summed E-state index contributed by atoms with van der Waals surface area (Å²) >= 11 is 0. The van der Waals surface area contributed by atoms with Gasteiger partial charge in [0.15, 0.2) is 12.4 Å². The van der Waals surface area contributed by atoms with Gasteiger partial charge in [0.05, 0.1) is 31.6 Å². The van der Waals surface area contributed by atoms with Gasteiger partial charge in [0.1, 0.15) is 0 Å². The second kappa shape index (κ2) is 9.61. The summed E-state index contributed by atoms with van der Waals surface area (Å²) in [6.45, 7) is 5.97. The van der Waals surface area contributed by atoms with Crippen molar-refractivity contribution in [1.29, 1.82) is 0 Å². The topological polar surface area (TPSA) is 84.6 Å². The molecule has 2 heterocycles. The van der Waals surface area contributed by atoms with Gasteiger partial charge in [0, 0.05) is 24.1 Å². The van der Waals surface area contributed by atoms with Crippen LogP contribution in [0.5, 0.6) is 5.75 Å². The molecule has 0 N–H and O–H groups in total. The monoisotopic (exact) mass is 425 g/mol. The van der Waals surface area contributed by atoms with Crippen molar-refractivity contribution in [2.75, 3.05) is 27.4 Å². The molecule has 31 heavy (non-hydrogen) atoms. The minimum absolute atomic E-state index is 0.0124. The van der Waals surface area contributed by atoms with E-state index in [4.69, 9.17) is 14.2 Å². The summed E-state index contributed by atoms with van der Waals surface area (Å²) in [5.74, 6) is -0.729. The molecular formula is C23H27N3O5. The van der Waals surface area contributed by atoms with Crippen LogP contribution >= 0.6 is 0 Å². The SMILES string of the molecule is COC[C@@H](C)n1c(C)cc(C(=O)COC(=O)c2nn(-c3ccccc3)cc2OC)c1C. The number of methoxy groups -OCH3 is 2. The minimum atomic E-state index is -0.721. The molecule has 1 atom stereocenters. The number of esters is 1. The van der Waals surface area contributed by atoms with Crippen LogP contribution < -0.4 is 4.74 Å². The lowest BCUT2D eigenvalue weighted by atomic mass is 10.1. The van der Waals surface area contributed by atoms with E-state index < -0.39 is 5.97 Å². The lowest BCUT2D eigenvalue weighted by Crippen LogP contribution is -2.17. The predicted molar refractivity (Wildman–Crippen MR) is 115 cm³/mol. The summed E-state index contributed by atoms with van der Waals surface area (Å²) in [5, 5.41) is 4.27. The summed E-state index contributed by atoms with van der Waals surface area (Å²) in [5.41, 5.74) is 3.07. The quantitative estimate of drug-likeness (QED) is 0.385. The highest BCUT2D eigenvalue weighted by atomic mass is 16.5. The molecule has 0 aliphatic heterocycles. The number of Topliss-reactive ketones (excluding diaryl/α,β-unsaturated/α-hetero) is 1. The lowest BCUT2D eigenvalue weighted by Gasteiger charge is -2.17. The number of carbonyl (C=O) groups excluding carboxylic acids is 2. The molecule has 0 bridgehead atoms. The van der Waals surface area contributed by atoms with E-state index in [9.17, 15) is 9.59 Å². The fourth-order valence-electron chi connectivity index (χ4n) is 3.69. The number of ether oxygens (including phenoxy) is 3. The average Bonchev–Trinajstić information content (AvgIpc) is 3.33. The third kappa shape index (κ3) is 4.69. The molecule has 0 saturated carbocycles. The number of para-hydroxylation sites is 1. The van der Waals surface area contributed by atoms with E-state index >= 15 is 0 Å². The third-order valence-electron chi connectivity index (χ3n) is 5.08. The number of ketones is 1. The summed E-state index contributed by atoms with van der Waals surface area (Å²) < 4.78 is 19.3. The van der Waals surface area contributed by atoms with Crippen LogP contribution in [0.2, 0.25) is 0 Å². The first-order valence-electron chi connectivity index (χ1n) is 9.94. The molecule has 0 aliphatic carbocycles. The molecule has 0 amide bonds. The number of aromatic nitrogens is 3. The second-order valence-corrected chi connectivity index (χ2v) is 7.28. The van der Waals surface area contributed by atoms with Crippen molar-refractivity contribution in [2.45, 2.75) is 26.8 Å². The Labute approximate surface area is 181 Å². The molecule has 1 aromatic carbocycles. The highest BCUT2D eigenvalue weighted by Crippen LogP contribution is 2.23. The fraction of sp³-hybridized carbons (Fsp3) is 0.348. The maximum Gasteiger partial charge on any atom is 0.363 e. The lowest BCUT2D eigenvalue weighted by molar-refractivity contribution is 0.0465. The molecule has 0 spiro atoms. The molecule has 0 fully saturated rings. The molecule has 0 aliphatic rings. The first kappa shape index (κ1) is 22.3. The Hall–Kier alpha value is -3.39. The van der Waals surface area contributed by atoms with Gasteiger partial charge < -0.3 is 18.8 Å². The van der Waals surface area contributed by atoms with Crippen molar-refractivity contribution < 1.29 is 23.8 Å². The maximum absolute atomic E-state index is 12.7. The molecular weight excluding hydrogens is 398 g/mol. The van der Waals surface area contributed by atoms with Gasteiger partial charge in [-0.25, -0.2) is 9.48 Å². The van der Waals surface area contributed by atoms with Crippen molar-refractivity contribution in [2.24, 2.45) is 0 Å². The molecule has 8 nitrogen and oxygen atoms in total. The molecule has 2 aromatic heterocycles. The van der Waals surface area contributed by atoms with Gasteiger partial charge in [-0.15, -0.1) is 0 Å². The first-order chi connectivity index (χ1) is 14.9. The zero-order valence-electron chi connectivity index (χ0n) is 18.4. The number of carbonyl (C=O) groups is 2. The fourth-order valence-corrected chi connectivity index (χ4v) is 3.69. The minimum Gasteiger partial charge on any atom is -0.493 e. The second-order valence-electron chi connectivity index (χ2n) is 7.28. The van der Waals surface area contributed by atoms with Crippen molar-refractivity contribution in [3.8, 4) is 11.4 Å². The van der Waals surface area contributed by atoms with Crippen LogP contribution in [0.4, 0.5) is 0 Å². The van der Waals surface area contributed by atoms with Gasteiger partial charge in [0.2, 0.25) is 11.5 Å². The van der Waals surface area contributed by atoms with Gasteiger partial charge in [-0.2, -0.15) is 5.10 Å². The van der Waals surface area contributed by atoms with Crippen molar-refractivity contribution in [3.05, 3.63) is 65.2 Å². The van der Waals surface area contributed by atoms with E-state index in [-0.39, 0.29) is 29.9 Å². The number of rotatable bonds is 9. The molecule has 0 radical (unpaired) electrons. The zero-order chi connectivity index (χ0) is 22.5. The van der Waals surface area contributed by atoms with Gasteiger partial charge in [-0.3, -0.25) is 4.79 Å². The Bertz CT molecular complexity index is 1070. The van der Waals surface area contributed by atoms with Crippen LogP contribution in [0.15, 0.2) is 42.6 Å². The third-order valence-corrected chi connectivity index (χ3v) is 5.08. The van der Waals surface area contributed by atoms with Crippen molar-refractivity contribution in [3.63, 3.8) is 0 Å². The molecule has 0 unspecified atom stereocenters. The standard InChI is InChI=1S/C23H27N3O5/c1-15-11-19(17(3)26(15)16(2)13-29-4)20(27)14-31-23(28)22-21(30-5)12-25(24-22)18-9-7-6-8-10-18/h6-12,16H,13-14H2,1-5H3/t16-/m1/s1. The number of hydrogen-bond donors (Lipinski definition) is 0. The van der Waals surface area contributed by atoms with Gasteiger partial charge >= 0.3 is 5.97 Å². The first-order valence-corrected chi connectivity index (χ1v) is 9.94. The van der Waals surface area contributed by atoms with Crippen LogP contribution in [-0.4, -0.2) is 53.5 Å². The summed E-state index contributed by atoms with van der Waals surface area (Å²) in [6, 6.07) is 11.2. The van der Waals surface area contributed by atoms with Crippen LogP contribution in [0.3, 0.4) is 0 Å². The number of benzene rings is 1. The number of nitrogens with zero attached hydrogens (tertiary/aromatic N) is 3. The van der Waals surface area contributed by atoms with Gasteiger partial charge in [-0.05, 0) is 39.0 Å². The van der Waals surface area contributed by atoms with E-state index in [1.54, 1.807) is 13.3 Å². The highest BCUT2D eigenvalue weighted by Gasteiger charge is 2.23. The molecule has 3 rings (SSSR count).